The summed E-state index contributed by atoms with van der Waals surface area (Å²) in [5, 5.41) is 1.42. The SMILES string of the molecule is O=C(NS(=O)(=O)/C=C/c1ccccc1Cl)c1ccc(Br)cc1Cl. The molecule has 2 aromatic carbocycles. The van der Waals surface area contributed by atoms with Gasteiger partial charge < -0.3 is 0 Å². The smallest absolute Gasteiger partial charge is 0.266 e. The number of carbonyl (C=O) groups is 1. The van der Waals surface area contributed by atoms with Crippen molar-refractivity contribution in [3.63, 3.8) is 0 Å². The molecule has 4 nitrogen and oxygen atoms in total. The normalized spacial score (nSPS) is 11.6. The van der Waals surface area contributed by atoms with Gasteiger partial charge in [-0.15, -0.1) is 0 Å². The highest BCUT2D eigenvalue weighted by Crippen LogP contribution is 2.21. The second kappa shape index (κ2) is 7.49. The summed E-state index contributed by atoms with van der Waals surface area (Å²) in [6.07, 6.45) is 1.31. The molecule has 0 fully saturated rings. The number of sulfonamides is 1. The molecule has 0 aromatic heterocycles. The molecule has 0 radical (unpaired) electrons. The number of benzene rings is 2. The van der Waals surface area contributed by atoms with Gasteiger partial charge in [0.25, 0.3) is 15.9 Å². The molecule has 0 saturated heterocycles. The molecule has 23 heavy (non-hydrogen) atoms. The summed E-state index contributed by atoms with van der Waals surface area (Å²) in [6, 6.07) is 11.3. The number of rotatable bonds is 4. The van der Waals surface area contributed by atoms with Crippen molar-refractivity contribution in [3.05, 3.63) is 73.5 Å². The number of amides is 1. The maximum atomic E-state index is 12.0. The Labute approximate surface area is 152 Å². The molecular formula is C15H10BrCl2NO3S. The van der Waals surface area contributed by atoms with E-state index in [1.54, 1.807) is 30.3 Å². The molecule has 2 rings (SSSR count). The van der Waals surface area contributed by atoms with Crippen LogP contribution < -0.4 is 4.72 Å². The van der Waals surface area contributed by atoms with E-state index in [-0.39, 0.29) is 10.6 Å². The van der Waals surface area contributed by atoms with Gasteiger partial charge in [-0.1, -0.05) is 57.3 Å². The fourth-order valence-electron chi connectivity index (χ4n) is 1.66. The van der Waals surface area contributed by atoms with Gasteiger partial charge in [0.1, 0.15) is 0 Å². The number of nitrogens with one attached hydrogen (secondary N) is 1. The average Bonchev–Trinajstić information content (AvgIpc) is 2.45. The highest BCUT2D eigenvalue weighted by Gasteiger charge is 2.16. The molecule has 0 aliphatic heterocycles. The van der Waals surface area contributed by atoms with Crippen LogP contribution in [0.3, 0.4) is 0 Å². The second-order valence-electron chi connectivity index (χ2n) is 4.42. The first-order valence-electron chi connectivity index (χ1n) is 6.23. The van der Waals surface area contributed by atoms with Gasteiger partial charge in [-0.25, -0.2) is 13.1 Å². The molecule has 8 heteroatoms. The first-order chi connectivity index (χ1) is 10.8. The molecule has 1 N–H and O–H groups in total. The Kier molecular flexibility index (Phi) is 5.86. The van der Waals surface area contributed by atoms with Gasteiger partial charge >= 0.3 is 0 Å². The molecule has 2 aromatic rings. The van der Waals surface area contributed by atoms with Gasteiger partial charge in [0.15, 0.2) is 0 Å². The van der Waals surface area contributed by atoms with E-state index < -0.39 is 15.9 Å². The van der Waals surface area contributed by atoms with Gasteiger partial charge in [-0.05, 0) is 35.9 Å². The summed E-state index contributed by atoms with van der Waals surface area (Å²) in [5.74, 6) is -0.814. The van der Waals surface area contributed by atoms with Gasteiger partial charge in [0.2, 0.25) is 0 Å². The molecule has 0 saturated carbocycles. The standard InChI is InChI=1S/C15H10BrCl2NO3S/c16-11-5-6-12(14(18)9-11)15(20)19-23(21,22)8-7-10-3-1-2-4-13(10)17/h1-9H,(H,19,20)/b8-7+. The zero-order chi connectivity index (χ0) is 17.0. The van der Waals surface area contributed by atoms with Crippen LogP contribution in [0.1, 0.15) is 15.9 Å². The Hall–Kier alpha value is -1.34. The molecule has 0 aliphatic rings. The monoisotopic (exact) mass is 433 g/mol. The lowest BCUT2D eigenvalue weighted by molar-refractivity contribution is 0.0982. The maximum absolute atomic E-state index is 12.0. The molecule has 0 aliphatic carbocycles. The maximum Gasteiger partial charge on any atom is 0.266 e. The van der Waals surface area contributed by atoms with Crippen molar-refractivity contribution < 1.29 is 13.2 Å². The van der Waals surface area contributed by atoms with Crippen molar-refractivity contribution in [3.8, 4) is 0 Å². The van der Waals surface area contributed by atoms with Gasteiger partial charge in [-0.2, -0.15) is 0 Å². The average molecular weight is 435 g/mol. The van der Waals surface area contributed by atoms with Crippen LogP contribution >= 0.6 is 39.1 Å². The summed E-state index contributed by atoms with van der Waals surface area (Å²) in [5.41, 5.74) is 0.582. The zero-order valence-electron chi connectivity index (χ0n) is 11.5. The minimum absolute atomic E-state index is 0.0598. The van der Waals surface area contributed by atoms with Crippen LogP contribution in [0.4, 0.5) is 0 Å². The second-order valence-corrected chi connectivity index (χ2v) is 7.72. The van der Waals surface area contributed by atoms with Crippen LogP contribution in [0.25, 0.3) is 6.08 Å². The van der Waals surface area contributed by atoms with E-state index in [2.05, 4.69) is 15.9 Å². The number of hydrogen-bond donors (Lipinski definition) is 1. The van der Waals surface area contributed by atoms with Crippen LogP contribution in [-0.4, -0.2) is 14.3 Å². The largest absolute Gasteiger partial charge is 0.268 e. The summed E-state index contributed by atoms with van der Waals surface area (Å²) < 4.78 is 26.5. The fraction of sp³-hybridized carbons (Fsp3) is 0. The van der Waals surface area contributed by atoms with Crippen LogP contribution in [0.15, 0.2) is 52.3 Å². The van der Waals surface area contributed by atoms with Crippen molar-refractivity contribution in [2.24, 2.45) is 0 Å². The minimum atomic E-state index is -3.98. The lowest BCUT2D eigenvalue weighted by Crippen LogP contribution is -2.29. The van der Waals surface area contributed by atoms with E-state index in [1.807, 2.05) is 4.72 Å². The predicted octanol–water partition coefficient (Wildman–Crippen LogP) is 4.49. The zero-order valence-corrected chi connectivity index (χ0v) is 15.4. The third-order valence-electron chi connectivity index (χ3n) is 2.74. The first-order valence-corrected chi connectivity index (χ1v) is 9.33. The number of carbonyl (C=O) groups excluding carboxylic acids is 1. The Bertz CT molecular complexity index is 882. The quantitative estimate of drug-likeness (QED) is 0.771. The number of halogens is 3. The Morgan fingerprint density at radius 3 is 2.43 bits per heavy atom. The lowest BCUT2D eigenvalue weighted by Gasteiger charge is -2.05. The molecule has 1 amide bonds. The molecule has 0 spiro atoms. The van der Waals surface area contributed by atoms with Crippen LogP contribution in [0.5, 0.6) is 0 Å². The van der Waals surface area contributed by atoms with Crippen molar-refractivity contribution in [2.45, 2.75) is 0 Å². The Morgan fingerprint density at radius 1 is 1.09 bits per heavy atom. The third-order valence-corrected chi connectivity index (χ3v) is 4.86. The van der Waals surface area contributed by atoms with Crippen molar-refractivity contribution in [2.75, 3.05) is 0 Å². The van der Waals surface area contributed by atoms with Crippen molar-refractivity contribution in [1.29, 1.82) is 0 Å². The molecule has 120 valence electrons. The van der Waals surface area contributed by atoms with E-state index in [9.17, 15) is 13.2 Å². The third kappa shape index (κ3) is 5.07. The molecule has 0 bridgehead atoms. The van der Waals surface area contributed by atoms with Crippen LogP contribution in [-0.2, 0) is 10.0 Å². The minimum Gasteiger partial charge on any atom is -0.268 e. The van der Waals surface area contributed by atoms with Gasteiger partial charge in [0.05, 0.1) is 16.0 Å². The molecule has 0 heterocycles. The molecular weight excluding hydrogens is 425 g/mol. The van der Waals surface area contributed by atoms with Crippen molar-refractivity contribution >= 4 is 61.1 Å². The predicted molar refractivity (Wildman–Crippen MR) is 96.0 cm³/mol. The van der Waals surface area contributed by atoms with Gasteiger partial charge in [0, 0.05) is 9.50 Å². The van der Waals surface area contributed by atoms with Crippen LogP contribution in [0, 0.1) is 0 Å². The molecule has 0 atom stereocenters. The van der Waals surface area contributed by atoms with E-state index in [1.165, 1.54) is 18.2 Å². The van der Waals surface area contributed by atoms with Gasteiger partial charge in [-0.3, -0.25) is 4.79 Å². The Balaban J connectivity index is 2.18. The number of hydrogen-bond acceptors (Lipinski definition) is 3. The first kappa shape index (κ1) is 18.0. The summed E-state index contributed by atoms with van der Waals surface area (Å²) in [4.78, 5) is 12.0. The van der Waals surface area contributed by atoms with E-state index in [4.69, 9.17) is 23.2 Å². The summed E-state index contributed by atoms with van der Waals surface area (Å²) in [7, 11) is -3.98. The summed E-state index contributed by atoms with van der Waals surface area (Å²) >= 11 is 15.1. The van der Waals surface area contributed by atoms with Crippen molar-refractivity contribution in [1.82, 2.24) is 4.72 Å². The topological polar surface area (TPSA) is 63.2 Å². The Morgan fingerprint density at radius 2 is 1.78 bits per heavy atom. The summed E-state index contributed by atoms with van der Waals surface area (Å²) in [6.45, 7) is 0. The lowest BCUT2D eigenvalue weighted by atomic mass is 10.2. The highest BCUT2D eigenvalue weighted by molar-refractivity contribution is 9.10. The highest BCUT2D eigenvalue weighted by atomic mass is 79.9. The van der Waals surface area contributed by atoms with E-state index >= 15 is 0 Å². The van der Waals surface area contributed by atoms with Crippen LogP contribution in [0.2, 0.25) is 10.0 Å². The van der Waals surface area contributed by atoms with E-state index in [0.717, 1.165) is 5.41 Å². The van der Waals surface area contributed by atoms with E-state index in [0.29, 0.717) is 15.1 Å². The fourth-order valence-corrected chi connectivity index (χ4v) is 3.39. The molecule has 0 unspecified atom stereocenters.